The number of carboxylic acid groups (broad SMARTS) is 1. The largest absolute Gasteiger partial charge is 0.480 e. The third kappa shape index (κ3) is 7.31. The van der Waals surface area contributed by atoms with Gasteiger partial charge in [0.05, 0.1) is 0 Å². The smallest absolute Gasteiger partial charge is 0.407 e. The first kappa shape index (κ1) is 17.0. The number of nitrogens with one attached hydrogen (secondary N) is 2. The molecule has 6 nitrogen and oxygen atoms in total. The molecule has 0 spiro atoms. The van der Waals surface area contributed by atoms with Crippen molar-refractivity contribution < 1.29 is 19.4 Å². The van der Waals surface area contributed by atoms with Crippen LogP contribution < -0.4 is 10.6 Å². The topological polar surface area (TPSA) is 87.7 Å². The van der Waals surface area contributed by atoms with E-state index >= 15 is 0 Å². The highest BCUT2D eigenvalue weighted by Gasteiger charge is 2.14. The van der Waals surface area contributed by atoms with Gasteiger partial charge in [0.15, 0.2) is 0 Å². The summed E-state index contributed by atoms with van der Waals surface area (Å²) in [6, 6.07) is 8.82. The predicted molar refractivity (Wildman–Crippen MR) is 79.0 cm³/mol. The van der Waals surface area contributed by atoms with Crippen LogP contribution in [0.5, 0.6) is 0 Å². The Morgan fingerprint density at radius 1 is 1.24 bits per heavy atom. The molecule has 0 heterocycles. The molecule has 0 saturated heterocycles. The number of ether oxygens (including phenoxy) is 1. The van der Waals surface area contributed by atoms with E-state index in [1.165, 1.54) is 0 Å². The van der Waals surface area contributed by atoms with Gasteiger partial charge >= 0.3 is 12.1 Å². The molecule has 1 unspecified atom stereocenters. The lowest BCUT2D eigenvalue weighted by Gasteiger charge is -2.13. The molecule has 0 aromatic heterocycles. The minimum atomic E-state index is -0.872. The molecule has 0 fully saturated rings. The van der Waals surface area contributed by atoms with Crippen LogP contribution in [0, 0.1) is 0 Å². The van der Waals surface area contributed by atoms with Crippen LogP contribution in [0.25, 0.3) is 0 Å². The molecule has 21 heavy (non-hydrogen) atoms. The van der Waals surface area contributed by atoms with Gasteiger partial charge in [0, 0.05) is 13.1 Å². The molecule has 3 N–H and O–H groups in total. The maximum Gasteiger partial charge on any atom is 0.407 e. The Morgan fingerprint density at radius 3 is 2.57 bits per heavy atom. The Hall–Kier alpha value is -2.08. The Morgan fingerprint density at radius 2 is 1.95 bits per heavy atom. The van der Waals surface area contributed by atoms with E-state index in [2.05, 4.69) is 10.6 Å². The van der Waals surface area contributed by atoms with Crippen molar-refractivity contribution in [3.05, 3.63) is 35.9 Å². The molecule has 0 bridgehead atoms. The van der Waals surface area contributed by atoms with Gasteiger partial charge in [-0.25, -0.2) is 4.79 Å². The Labute approximate surface area is 124 Å². The summed E-state index contributed by atoms with van der Waals surface area (Å²) < 4.78 is 5.04. The molecular weight excluding hydrogens is 272 g/mol. The first-order chi connectivity index (χ1) is 10.1. The Balaban J connectivity index is 2.14. The number of alkyl carbamates (subject to hydrolysis) is 1. The van der Waals surface area contributed by atoms with E-state index in [0.29, 0.717) is 19.5 Å². The maximum atomic E-state index is 11.4. The van der Waals surface area contributed by atoms with Crippen molar-refractivity contribution in [2.75, 3.05) is 13.1 Å². The molecule has 6 heteroatoms. The number of rotatable bonds is 9. The summed E-state index contributed by atoms with van der Waals surface area (Å²) in [5, 5.41) is 14.4. The number of hydrogen-bond donors (Lipinski definition) is 3. The second kappa shape index (κ2) is 9.77. The lowest BCUT2D eigenvalue weighted by Crippen LogP contribution is -2.41. The standard InChI is InChI=1S/C15H22N2O4/c1-2-6-13(14(18)19)16-9-10-17-15(20)21-11-12-7-4-3-5-8-12/h3-5,7-8,13,16H,2,6,9-11H2,1H3,(H,17,20)(H,18,19). The second-order valence-electron chi connectivity index (χ2n) is 4.62. The number of benzene rings is 1. The predicted octanol–water partition coefficient (Wildman–Crippen LogP) is 1.76. The summed E-state index contributed by atoms with van der Waals surface area (Å²) in [7, 11) is 0. The van der Waals surface area contributed by atoms with Crippen molar-refractivity contribution in [2.24, 2.45) is 0 Å². The molecule has 0 aliphatic carbocycles. The fourth-order valence-corrected chi connectivity index (χ4v) is 1.79. The molecule has 116 valence electrons. The molecular formula is C15H22N2O4. The van der Waals surface area contributed by atoms with E-state index in [4.69, 9.17) is 9.84 Å². The molecule has 0 aliphatic rings. The lowest BCUT2D eigenvalue weighted by atomic mass is 10.2. The third-order valence-electron chi connectivity index (χ3n) is 2.87. The molecule has 0 radical (unpaired) electrons. The summed E-state index contributed by atoms with van der Waals surface area (Å²) in [5.74, 6) is -0.872. The number of carboxylic acids is 1. The van der Waals surface area contributed by atoms with Crippen molar-refractivity contribution in [2.45, 2.75) is 32.4 Å². The monoisotopic (exact) mass is 294 g/mol. The van der Waals surface area contributed by atoms with Crippen molar-refractivity contribution in [3.63, 3.8) is 0 Å². The van der Waals surface area contributed by atoms with Gasteiger partial charge in [0.2, 0.25) is 0 Å². The third-order valence-corrected chi connectivity index (χ3v) is 2.87. The first-order valence-corrected chi connectivity index (χ1v) is 7.04. The van der Waals surface area contributed by atoms with E-state index in [-0.39, 0.29) is 6.61 Å². The highest BCUT2D eigenvalue weighted by molar-refractivity contribution is 5.73. The van der Waals surface area contributed by atoms with Crippen LogP contribution in [-0.4, -0.2) is 36.3 Å². The molecule has 1 amide bonds. The van der Waals surface area contributed by atoms with Crippen LogP contribution in [-0.2, 0) is 16.1 Å². The summed E-state index contributed by atoms with van der Waals surface area (Å²) >= 11 is 0. The fourth-order valence-electron chi connectivity index (χ4n) is 1.79. The molecule has 1 atom stereocenters. The summed E-state index contributed by atoms with van der Waals surface area (Å²) in [4.78, 5) is 22.3. The normalized spacial score (nSPS) is 11.7. The average Bonchev–Trinajstić information content (AvgIpc) is 2.49. The fraction of sp³-hybridized carbons (Fsp3) is 0.467. The van der Waals surface area contributed by atoms with Gasteiger partial charge in [-0.15, -0.1) is 0 Å². The van der Waals surface area contributed by atoms with Crippen LogP contribution in [0.1, 0.15) is 25.3 Å². The molecule has 0 aliphatic heterocycles. The van der Waals surface area contributed by atoms with Crippen LogP contribution >= 0.6 is 0 Å². The van der Waals surface area contributed by atoms with E-state index in [9.17, 15) is 9.59 Å². The van der Waals surface area contributed by atoms with E-state index in [0.717, 1.165) is 12.0 Å². The number of carbonyl (C=O) groups is 2. The molecule has 0 saturated carbocycles. The minimum absolute atomic E-state index is 0.216. The average molecular weight is 294 g/mol. The minimum Gasteiger partial charge on any atom is -0.480 e. The van der Waals surface area contributed by atoms with Gasteiger partial charge in [-0.2, -0.15) is 0 Å². The Bertz CT molecular complexity index is 437. The van der Waals surface area contributed by atoms with Gasteiger partial charge < -0.3 is 20.5 Å². The van der Waals surface area contributed by atoms with E-state index < -0.39 is 18.1 Å². The zero-order valence-electron chi connectivity index (χ0n) is 12.2. The van der Waals surface area contributed by atoms with Gasteiger partial charge in [0.25, 0.3) is 0 Å². The van der Waals surface area contributed by atoms with Gasteiger partial charge in [-0.3, -0.25) is 4.79 Å². The zero-order valence-corrected chi connectivity index (χ0v) is 12.2. The highest BCUT2D eigenvalue weighted by atomic mass is 16.5. The van der Waals surface area contributed by atoms with Gasteiger partial charge in [0.1, 0.15) is 12.6 Å². The molecule has 1 aromatic rings. The van der Waals surface area contributed by atoms with E-state index in [1.807, 2.05) is 37.3 Å². The van der Waals surface area contributed by atoms with Crippen molar-refractivity contribution in [3.8, 4) is 0 Å². The van der Waals surface area contributed by atoms with Crippen molar-refractivity contribution in [1.29, 1.82) is 0 Å². The van der Waals surface area contributed by atoms with Crippen LogP contribution in [0.4, 0.5) is 4.79 Å². The van der Waals surface area contributed by atoms with Crippen LogP contribution in [0.3, 0.4) is 0 Å². The quantitative estimate of drug-likeness (QED) is 0.604. The number of aliphatic carboxylic acids is 1. The van der Waals surface area contributed by atoms with Crippen molar-refractivity contribution >= 4 is 12.1 Å². The van der Waals surface area contributed by atoms with E-state index in [1.54, 1.807) is 0 Å². The first-order valence-electron chi connectivity index (χ1n) is 7.04. The molecule has 1 aromatic carbocycles. The summed E-state index contributed by atoms with van der Waals surface area (Å²) in [6.07, 6.45) is 0.840. The van der Waals surface area contributed by atoms with Crippen molar-refractivity contribution in [1.82, 2.24) is 10.6 Å². The number of carbonyl (C=O) groups excluding carboxylic acids is 1. The SMILES string of the molecule is CCCC(NCCNC(=O)OCc1ccccc1)C(=O)O. The number of hydrogen-bond acceptors (Lipinski definition) is 4. The highest BCUT2D eigenvalue weighted by Crippen LogP contribution is 2.00. The van der Waals surface area contributed by atoms with Gasteiger partial charge in [-0.1, -0.05) is 43.7 Å². The maximum absolute atomic E-state index is 11.4. The van der Waals surface area contributed by atoms with Crippen LogP contribution in [0.2, 0.25) is 0 Å². The lowest BCUT2D eigenvalue weighted by molar-refractivity contribution is -0.139. The summed E-state index contributed by atoms with van der Waals surface area (Å²) in [6.45, 7) is 2.85. The summed E-state index contributed by atoms with van der Waals surface area (Å²) in [5.41, 5.74) is 0.916. The van der Waals surface area contributed by atoms with Crippen LogP contribution in [0.15, 0.2) is 30.3 Å². The zero-order chi connectivity index (χ0) is 15.5. The Kier molecular flexibility index (Phi) is 7.89. The number of amides is 1. The molecule has 1 rings (SSSR count). The van der Waals surface area contributed by atoms with Gasteiger partial charge in [-0.05, 0) is 12.0 Å². The second-order valence-corrected chi connectivity index (χ2v) is 4.62.